The van der Waals surface area contributed by atoms with Crippen LogP contribution in [0.2, 0.25) is 0 Å². The summed E-state index contributed by atoms with van der Waals surface area (Å²) in [5.41, 5.74) is 14.1. The van der Waals surface area contributed by atoms with Crippen molar-refractivity contribution in [3.05, 3.63) is 69.8 Å². The second-order valence-corrected chi connectivity index (χ2v) is 12.4. The van der Waals surface area contributed by atoms with Crippen LogP contribution in [0, 0.1) is 0 Å². The van der Waals surface area contributed by atoms with Crippen molar-refractivity contribution in [1.29, 1.82) is 0 Å². The van der Waals surface area contributed by atoms with Crippen LogP contribution in [-0.4, -0.2) is 3.21 Å². The normalized spacial score (nSPS) is 17.2. The van der Waals surface area contributed by atoms with Crippen molar-refractivity contribution in [2.45, 2.75) is 65.7 Å². The summed E-state index contributed by atoms with van der Waals surface area (Å²) in [6.07, 6.45) is 9.45. The number of benzene rings is 2. The molecular formula is C27H31Cl2Zr. The molecule has 0 amide bonds. The molecule has 157 valence electrons. The molecule has 1 fully saturated rings. The van der Waals surface area contributed by atoms with Crippen molar-refractivity contribution >= 4 is 36.9 Å². The van der Waals surface area contributed by atoms with Crippen LogP contribution in [0.5, 0.6) is 0 Å². The number of halogens is 2. The van der Waals surface area contributed by atoms with Crippen molar-refractivity contribution in [3.63, 3.8) is 0 Å². The smallest absolute Gasteiger partial charge is 0.147 e. The van der Waals surface area contributed by atoms with Gasteiger partial charge in [0.1, 0.15) is 0 Å². The van der Waals surface area contributed by atoms with E-state index in [-0.39, 0.29) is 24.8 Å². The van der Waals surface area contributed by atoms with E-state index < -0.39 is 22.8 Å². The van der Waals surface area contributed by atoms with Gasteiger partial charge in [-0.1, -0.05) is 0 Å². The van der Waals surface area contributed by atoms with Crippen LogP contribution in [0.4, 0.5) is 0 Å². The Bertz CT molecular complexity index is 1060. The first-order valence-electron chi connectivity index (χ1n) is 10.9. The van der Waals surface area contributed by atoms with Gasteiger partial charge in [-0.25, -0.2) is 0 Å². The van der Waals surface area contributed by atoms with Gasteiger partial charge in [0.15, 0.2) is 0 Å². The maximum Gasteiger partial charge on any atom is -0.147 e. The summed E-state index contributed by atoms with van der Waals surface area (Å²) in [5, 5.41) is 0. The quantitative estimate of drug-likeness (QED) is 0.331. The molecule has 0 aromatic heterocycles. The zero-order chi connectivity index (χ0) is 19.3. The molecule has 0 aliphatic heterocycles. The van der Waals surface area contributed by atoms with Crippen LogP contribution in [0.25, 0.3) is 16.7 Å². The molecule has 3 aliphatic rings. The Morgan fingerprint density at radius 1 is 0.700 bits per heavy atom. The SMILES string of the molecule is CC1=C(C)C(C)=C(c2ccc3c([c]2[Zr]=[C]2CCCCC2)Cc2ccccc2-3)C1.Cl.Cl. The molecule has 0 nitrogen and oxygen atoms in total. The van der Waals surface area contributed by atoms with Gasteiger partial charge in [0.25, 0.3) is 0 Å². The first kappa shape index (κ1) is 23.9. The molecule has 0 spiro atoms. The maximum absolute atomic E-state index is 2.49. The van der Waals surface area contributed by atoms with Crippen molar-refractivity contribution in [2.24, 2.45) is 0 Å². The molecule has 5 rings (SSSR count). The third kappa shape index (κ3) is 4.15. The van der Waals surface area contributed by atoms with Crippen LogP contribution in [0.15, 0.2) is 53.1 Å². The molecule has 0 N–H and O–H groups in total. The van der Waals surface area contributed by atoms with Gasteiger partial charge >= 0.3 is 181 Å². The predicted octanol–water partition coefficient (Wildman–Crippen LogP) is 7.46. The van der Waals surface area contributed by atoms with E-state index in [1.165, 1.54) is 54.4 Å². The van der Waals surface area contributed by atoms with E-state index in [1.54, 1.807) is 27.8 Å². The zero-order valence-corrected chi connectivity index (χ0v) is 22.3. The van der Waals surface area contributed by atoms with Crippen LogP contribution in [0.3, 0.4) is 0 Å². The van der Waals surface area contributed by atoms with Gasteiger partial charge in [0.2, 0.25) is 0 Å². The molecule has 3 aliphatic carbocycles. The predicted molar refractivity (Wildman–Crippen MR) is 132 cm³/mol. The van der Waals surface area contributed by atoms with E-state index >= 15 is 0 Å². The van der Waals surface area contributed by atoms with E-state index in [0.29, 0.717) is 0 Å². The van der Waals surface area contributed by atoms with E-state index in [9.17, 15) is 0 Å². The molecule has 2 aromatic rings. The van der Waals surface area contributed by atoms with Gasteiger partial charge in [-0.15, -0.1) is 24.8 Å². The molecule has 3 heteroatoms. The molecule has 0 atom stereocenters. The summed E-state index contributed by atoms with van der Waals surface area (Å²) in [6.45, 7) is 6.99. The van der Waals surface area contributed by atoms with Gasteiger partial charge in [-0.2, -0.15) is 0 Å². The number of hydrogen-bond acceptors (Lipinski definition) is 0. The summed E-state index contributed by atoms with van der Waals surface area (Å²) in [7, 11) is 0. The Morgan fingerprint density at radius 3 is 2.10 bits per heavy atom. The molecule has 2 aromatic carbocycles. The summed E-state index contributed by atoms with van der Waals surface area (Å²) < 4.78 is 3.77. The minimum atomic E-state index is -0.695. The molecule has 1 saturated carbocycles. The van der Waals surface area contributed by atoms with E-state index in [1.807, 2.05) is 6.48 Å². The zero-order valence-electron chi connectivity index (χ0n) is 18.2. The van der Waals surface area contributed by atoms with Gasteiger partial charge in [-0.05, 0) is 0 Å². The topological polar surface area (TPSA) is 0 Å². The Labute approximate surface area is 205 Å². The van der Waals surface area contributed by atoms with E-state index in [0.717, 1.165) is 12.8 Å². The fraction of sp³-hybridized carbons (Fsp3) is 0.370. The third-order valence-electron chi connectivity index (χ3n) is 7.17. The standard InChI is InChI=1S/C21H19.C6H10.2ClH.Zr/c1-13-10-21(15(3)14(13)2)17-8-9-20-18(12-17)11-16-6-4-5-7-19(16)20;1-2-4-6-5-3-1;;;/h4-9H,10-11H2,1-3H3;1-5H2;2*1H;. The van der Waals surface area contributed by atoms with Crippen molar-refractivity contribution in [2.75, 3.05) is 0 Å². The average molecular weight is 518 g/mol. The van der Waals surface area contributed by atoms with Crippen LogP contribution in [0.1, 0.15) is 76.0 Å². The second-order valence-electron chi connectivity index (χ2n) is 8.82. The fourth-order valence-corrected chi connectivity index (χ4v) is 9.44. The van der Waals surface area contributed by atoms with Crippen molar-refractivity contribution in [1.82, 2.24) is 0 Å². The number of fused-ring (bicyclic) bond motifs is 3. The molecule has 0 radical (unpaired) electrons. The summed E-state index contributed by atoms with van der Waals surface area (Å²) in [5.74, 6) is 0. The Balaban J connectivity index is 0.00000128. The Morgan fingerprint density at radius 2 is 1.40 bits per heavy atom. The molecule has 0 bridgehead atoms. The van der Waals surface area contributed by atoms with Gasteiger partial charge in [0.05, 0.1) is 0 Å². The second kappa shape index (κ2) is 9.81. The van der Waals surface area contributed by atoms with Gasteiger partial charge in [-0.3, -0.25) is 0 Å². The minimum Gasteiger partial charge on any atom is -0.147 e. The van der Waals surface area contributed by atoms with Crippen LogP contribution < -0.4 is 3.27 Å². The number of hydrogen-bond donors (Lipinski definition) is 0. The number of rotatable bonds is 2. The van der Waals surface area contributed by atoms with E-state index in [2.05, 4.69) is 57.2 Å². The average Bonchev–Trinajstić information content (AvgIpc) is 3.22. The number of allylic oxidation sites excluding steroid dienone is 4. The molecule has 30 heavy (non-hydrogen) atoms. The fourth-order valence-electron chi connectivity index (χ4n) is 5.26. The first-order chi connectivity index (χ1) is 13.6. The van der Waals surface area contributed by atoms with Crippen molar-refractivity contribution < 1.29 is 22.8 Å². The monoisotopic (exact) mass is 515 g/mol. The van der Waals surface area contributed by atoms with Crippen molar-refractivity contribution in [3.8, 4) is 11.1 Å². The largest absolute Gasteiger partial charge is 0.147 e. The molecular weight excluding hydrogens is 486 g/mol. The summed E-state index contributed by atoms with van der Waals surface area (Å²) in [6, 6.07) is 14.0. The summed E-state index contributed by atoms with van der Waals surface area (Å²) >= 11 is -0.695. The molecule has 0 saturated heterocycles. The van der Waals surface area contributed by atoms with Crippen LogP contribution in [-0.2, 0) is 29.2 Å². The van der Waals surface area contributed by atoms with Gasteiger partial charge < -0.3 is 0 Å². The maximum atomic E-state index is 2.49. The van der Waals surface area contributed by atoms with Crippen LogP contribution >= 0.6 is 24.8 Å². The van der Waals surface area contributed by atoms with E-state index in [4.69, 9.17) is 0 Å². The molecule has 0 heterocycles. The van der Waals surface area contributed by atoms with Gasteiger partial charge in [0, 0.05) is 0 Å². The summed E-state index contributed by atoms with van der Waals surface area (Å²) in [4.78, 5) is 0. The Hall–Kier alpha value is -0.747. The minimum absolute atomic E-state index is 0. The first-order valence-corrected chi connectivity index (χ1v) is 13.3. The Kier molecular flexibility index (Phi) is 7.82. The molecule has 0 unspecified atom stereocenters. The third-order valence-corrected chi connectivity index (χ3v) is 11.3.